The van der Waals surface area contributed by atoms with Crippen LogP contribution in [0.2, 0.25) is 5.02 Å². The lowest BCUT2D eigenvalue weighted by atomic mass is 10.2. The molecule has 2 aromatic rings. The molecule has 1 heterocycles. The Kier molecular flexibility index (Phi) is 8.53. The minimum Gasteiger partial charge on any atom is -0.338 e. The molecular weight excluding hydrogens is 400 g/mol. The first-order valence-electron chi connectivity index (χ1n) is 10.4. The molecule has 30 heavy (non-hydrogen) atoms. The number of rotatable bonds is 8. The smallest absolute Gasteiger partial charge is 0.315 e. The second kappa shape index (κ2) is 11.6. The van der Waals surface area contributed by atoms with Gasteiger partial charge in [0, 0.05) is 49.9 Å². The summed E-state index contributed by atoms with van der Waals surface area (Å²) >= 11 is 5.85. The fourth-order valence-electron chi connectivity index (χ4n) is 3.45. The van der Waals surface area contributed by atoms with Crippen LogP contribution in [0.5, 0.6) is 0 Å². The standard InChI is InChI=1S/C23H29ClN4O2/c24-21-10-8-19(9-11-21)18-26-23(30)25-12-4-5-13-27-14-16-28(17-15-27)22(29)20-6-2-1-3-7-20/h1-3,6-11H,4-5,12-18H2,(H2,25,26,30). The third kappa shape index (κ3) is 7.04. The van der Waals surface area contributed by atoms with E-state index in [-0.39, 0.29) is 11.9 Å². The van der Waals surface area contributed by atoms with E-state index in [0.717, 1.165) is 56.7 Å². The van der Waals surface area contributed by atoms with E-state index in [0.29, 0.717) is 18.1 Å². The van der Waals surface area contributed by atoms with Crippen molar-refractivity contribution in [1.29, 1.82) is 0 Å². The van der Waals surface area contributed by atoms with Crippen LogP contribution in [0.4, 0.5) is 4.79 Å². The lowest BCUT2D eigenvalue weighted by molar-refractivity contribution is 0.0635. The molecule has 0 unspecified atom stereocenters. The average molecular weight is 429 g/mol. The largest absolute Gasteiger partial charge is 0.338 e. The van der Waals surface area contributed by atoms with Gasteiger partial charge in [-0.2, -0.15) is 0 Å². The van der Waals surface area contributed by atoms with Gasteiger partial charge in [0.25, 0.3) is 5.91 Å². The predicted octanol–water partition coefficient (Wildman–Crippen LogP) is 3.38. The second-order valence-corrected chi connectivity index (χ2v) is 7.88. The zero-order chi connectivity index (χ0) is 21.2. The Morgan fingerprint density at radius 2 is 1.57 bits per heavy atom. The maximum Gasteiger partial charge on any atom is 0.315 e. The molecule has 0 aliphatic carbocycles. The van der Waals surface area contributed by atoms with Crippen molar-refractivity contribution in [3.8, 4) is 0 Å². The Hall–Kier alpha value is -2.57. The van der Waals surface area contributed by atoms with Crippen molar-refractivity contribution in [3.63, 3.8) is 0 Å². The molecule has 160 valence electrons. The molecule has 0 aromatic heterocycles. The summed E-state index contributed by atoms with van der Waals surface area (Å²) in [5, 5.41) is 6.43. The number of hydrogen-bond acceptors (Lipinski definition) is 3. The highest BCUT2D eigenvalue weighted by atomic mass is 35.5. The zero-order valence-electron chi connectivity index (χ0n) is 17.1. The highest BCUT2D eigenvalue weighted by Gasteiger charge is 2.21. The van der Waals surface area contributed by atoms with E-state index >= 15 is 0 Å². The summed E-state index contributed by atoms with van der Waals surface area (Å²) in [5.41, 5.74) is 1.77. The molecule has 0 spiro atoms. The molecule has 7 heteroatoms. The Bertz CT molecular complexity index is 806. The van der Waals surface area contributed by atoms with E-state index in [1.54, 1.807) is 0 Å². The van der Waals surface area contributed by atoms with Crippen molar-refractivity contribution in [2.45, 2.75) is 19.4 Å². The molecule has 1 aliphatic rings. The molecular formula is C23H29ClN4O2. The molecule has 2 aromatic carbocycles. The van der Waals surface area contributed by atoms with Crippen molar-refractivity contribution < 1.29 is 9.59 Å². The monoisotopic (exact) mass is 428 g/mol. The summed E-state index contributed by atoms with van der Waals surface area (Å²) in [4.78, 5) is 28.7. The number of carbonyl (C=O) groups excluding carboxylic acids is 2. The van der Waals surface area contributed by atoms with E-state index in [1.165, 1.54) is 0 Å². The number of carbonyl (C=O) groups is 2. The number of unbranched alkanes of at least 4 members (excludes halogenated alkanes) is 1. The number of halogens is 1. The Morgan fingerprint density at radius 3 is 2.27 bits per heavy atom. The topological polar surface area (TPSA) is 64.7 Å². The fourth-order valence-corrected chi connectivity index (χ4v) is 3.57. The molecule has 1 aliphatic heterocycles. The van der Waals surface area contributed by atoms with Gasteiger partial charge in [-0.25, -0.2) is 4.79 Å². The third-order valence-corrected chi connectivity index (χ3v) is 5.49. The van der Waals surface area contributed by atoms with Crippen LogP contribution in [0.1, 0.15) is 28.8 Å². The number of amides is 3. The van der Waals surface area contributed by atoms with Crippen molar-refractivity contribution in [1.82, 2.24) is 20.4 Å². The Morgan fingerprint density at radius 1 is 0.867 bits per heavy atom. The fraction of sp³-hybridized carbons (Fsp3) is 0.391. The van der Waals surface area contributed by atoms with E-state index in [1.807, 2.05) is 59.5 Å². The predicted molar refractivity (Wildman–Crippen MR) is 120 cm³/mol. The number of piperazine rings is 1. The van der Waals surface area contributed by atoms with E-state index in [2.05, 4.69) is 15.5 Å². The lowest BCUT2D eigenvalue weighted by Gasteiger charge is -2.34. The Labute approximate surface area is 183 Å². The first kappa shape index (κ1) is 22.1. The quantitative estimate of drug-likeness (QED) is 0.633. The molecule has 1 saturated heterocycles. The van der Waals surface area contributed by atoms with Gasteiger partial charge >= 0.3 is 6.03 Å². The van der Waals surface area contributed by atoms with Crippen LogP contribution in [0.3, 0.4) is 0 Å². The van der Waals surface area contributed by atoms with Crippen LogP contribution in [0.15, 0.2) is 54.6 Å². The summed E-state index contributed by atoms with van der Waals surface area (Å²) in [6.07, 6.45) is 1.95. The first-order valence-corrected chi connectivity index (χ1v) is 10.8. The SMILES string of the molecule is O=C(NCCCCN1CCN(C(=O)c2ccccc2)CC1)NCc1ccc(Cl)cc1. The van der Waals surface area contributed by atoms with Gasteiger partial charge in [-0.3, -0.25) is 9.69 Å². The Balaban J connectivity index is 1.24. The number of benzene rings is 2. The van der Waals surface area contributed by atoms with Crippen LogP contribution in [-0.4, -0.2) is 61.0 Å². The van der Waals surface area contributed by atoms with Crippen molar-refractivity contribution in [2.24, 2.45) is 0 Å². The molecule has 0 bridgehead atoms. The maximum atomic E-state index is 12.5. The second-order valence-electron chi connectivity index (χ2n) is 7.44. The summed E-state index contributed by atoms with van der Waals surface area (Å²) in [6, 6.07) is 16.7. The summed E-state index contributed by atoms with van der Waals surface area (Å²) in [6.45, 7) is 5.44. The highest BCUT2D eigenvalue weighted by Crippen LogP contribution is 2.10. The van der Waals surface area contributed by atoms with Crippen LogP contribution >= 0.6 is 11.6 Å². The number of nitrogens with zero attached hydrogens (tertiary/aromatic N) is 2. The number of urea groups is 1. The minimum absolute atomic E-state index is 0.115. The van der Waals surface area contributed by atoms with Gasteiger partial charge in [-0.1, -0.05) is 41.9 Å². The van der Waals surface area contributed by atoms with E-state index in [4.69, 9.17) is 11.6 Å². The van der Waals surface area contributed by atoms with Crippen molar-refractivity contribution in [2.75, 3.05) is 39.3 Å². The summed E-state index contributed by atoms with van der Waals surface area (Å²) in [7, 11) is 0. The van der Waals surface area contributed by atoms with Crippen LogP contribution in [0, 0.1) is 0 Å². The minimum atomic E-state index is -0.155. The number of hydrogen-bond donors (Lipinski definition) is 2. The van der Waals surface area contributed by atoms with Gasteiger partial charge in [0.2, 0.25) is 0 Å². The van der Waals surface area contributed by atoms with Gasteiger partial charge in [0.15, 0.2) is 0 Å². The van der Waals surface area contributed by atoms with Crippen molar-refractivity contribution in [3.05, 3.63) is 70.7 Å². The number of nitrogens with one attached hydrogen (secondary N) is 2. The maximum absolute atomic E-state index is 12.5. The van der Waals surface area contributed by atoms with Gasteiger partial charge < -0.3 is 15.5 Å². The van der Waals surface area contributed by atoms with E-state index < -0.39 is 0 Å². The van der Waals surface area contributed by atoms with E-state index in [9.17, 15) is 9.59 Å². The highest BCUT2D eigenvalue weighted by molar-refractivity contribution is 6.30. The van der Waals surface area contributed by atoms with Crippen molar-refractivity contribution >= 4 is 23.5 Å². The first-order chi connectivity index (χ1) is 14.6. The van der Waals surface area contributed by atoms with Crippen LogP contribution < -0.4 is 10.6 Å². The van der Waals surface area contributed by atoms with Gasteiger partial charge in [0.05, 0.1) is 0 Å². The lowest BCUT2D eigenvalue weighted by Crippen LogP contribution is -2.48. The van der Waals surface area contributed by atoms with Gasteiger partial charge in [-0.15, -0.1) is 0 Å². The molecule has 0 atom stereocenters. The van der Waals surface area contributed by atoms with Gasteiger partial charge in [-0.05, 0) is 49.2 Å². The molecule has 3 rings (SSSR count). The zero-order valence-corrected chi connectivity index (χ0v) is 17.9. The molecule has 2 N–H and O–H groups in total. The molecule has 3 amide bonds. The average Bonchev–Trinajstić information content (AvgIpc) is 2.79. The molecule has 1 fully saturated rings. The normalized spacial score (nSPS) is 14.4. The molecule has 6 nitrogen and oxygen atoms in total. The third-order valence-electron chi connectivity index (χ3n) is 5.23. The summed E-state index contributed by atoms with van der Waals surface area (Å²) < 4.78 is 0. The van der Waals surface area contributed by atoms with Crippen LogP contribution in [0.25, 0.3) is 0 Å². The van der Waals surface area contributed by atoms with Crippen LogP contribution in [-0.2, 0) is 6.54 Å². The molecule has 0 radical (unpaired) electrons. The summed E-state index contributed by atoms with van der Waals surface area (Å²) in [5.74, 6) is 0.115. The molecule has 0 saturated carbocycles. The van der Waals surface area contributed by atoms with Gasteiger partial charge in [0.1, 0.15) is 0 Å².